The molecular weight excluding hydrogens is 1020 g/mol. The summed E-state index contributed by atoms with van der Waals surface area (Å²) < 4.78 is 25.6. The van der Waals surface area contributed by atoms with Crippen LogP contribution >= 0.6 is 11.3 Å². The number of anilines is 1. The second-order valence-corrected chi connectivity index (χ2v) is 25.3. The number of H-pyrrole nitrogens is 1. The molecule has 0 spiro atoms. The van der Waals surface area contributed by atoms with Crippen LogP contribution < -0.4 is 15.5 Å². The highest BCUT2D eigenvalue weighted by Gasteiger charge is 2.54. The number of hydrogen-bond acceptors (Lipinski definition) is 15. The van der Waals surface area contributed by atoms with Crippen molar-refractivity contribution in [3.05, 3.63) is 89.2 Å². The number of fused-ring (bicyclic) bond motifs is 1. The minimum absolute atomic E-state index is 0.00894. The first-order valence-electron chi connectivity index (χ1n) is 26.7. The zero-order chi connectivity index (χ0) is 54.5. The number of nitrogens with zero attached hydrogens (tertiary/aromatic N) is 10. The fourth-order valence-electron chi connectivity index (χ4n) is 10.3. The summed E-state index contributed by atoms with van der Waals surface area (Å²) in [4.78, 5) is 81.0. The van der Waals surface area contributed by atoms with Crippen molar-refractivity contribution < 1.29 is 33.2 Å². The lowest BCUT2D eigenvalue weighted by atomic mass is 9.85. The number of thiazole rings is 1. The summed E-state index contributed by atoms with van der Waals surface area (Å²) in [5, 5.41) is 26.0. The largest absolute Gasteiger partial charge is 0.391 e. The lowest BCUT2D eigenvalue weighted by molar-refractivity contribution is -0.144. The van der Waals surface area contributed by atoms with E-state index in [4.69, 9.17) is 14.7 Å². The van der Waals surface area contributed by atoms with E-state index >= 15 is 0 Å². The maximum absolute atomic E-state index is 14.6. The molecule has 7 heterocycles. The van der Waals surface area contributed by atoms with Crippen LogP contribution in [0.15, 0.2) is 70.9 Å². The van der Waals surface area contributed by atoms with Gasteiger partial charge in [0.1, 0.15) is 23.5 Å². The third-order valence-electron chi connectivity index (χ3n) is 14.9. The number of aromatic nitrogens is 8. The van der Waals surface area contributed by atoms with Gasteiger partial charge in [-0.15, -0.1) is 16.4 Å². The molecule has 4 N–H and O–H groups in total. The number of aryl methyl sites for hydroxylation is 3. The molecule has 1 aromatic carbocycles. The number of β-amino-alcohol motifs (C(OH)–C–C–N with tert-alkyl or cyclic N) is 1. The molecule has 1 aliphatic carbocycles. The van der Waals surface area contributed by atoms with Gasteiger partial charge in [-0.25, -0.2) is 24.1 Å². The molecule has 6 aromatic rings. The smallest absolute Gasteiger partial charge is 0.254 e. The molecule has 1 saturated carbocycles. The van der Waals surface area contributed by atoms with Gasteiger partial charge in [0.25, 0.3) is 5.91 Å². The predicted molar refractivity (Wildman–Crippen MR) is 295 cm³/mol. The van der Waals surface area contributed by atoms with Gasteiger partial charge in [0.05, 0.1) is 67.3 Å². The molecule has 4 amide bonds. The van der Waals surface area contributed by atoms with Gasteiger partial charge in [-0.3, -0.25) is 23.9 Å². The summed E-state index contributed by atoms with van der Waals surface area (Å²) in [5.74, 6) is -0.214. The first kappa shape index (κ1) is 55.3. The van der Waals surface area contributed by atoms with Gasteiger partial charge in [0.15, 0.2) is 5.82 Å². The molecule has 22 heteroatoms. The fourth-order valence-corrected chi connectivity index (χ4v) is 13.1. The van der Waals surface area contributed by atoms with E-state index < -0.39 is 44.0 Å². The Morgan fingerprint density at radius 3 is 2.55 bits per heavy atom. The molecule has 5 aromatic heterocycles. The standard InChI is InChI=1S/C55H71N13O7S2/c1-35-33-75-27-26-67(35)45-29-44(60-51(61-45)42-20-24-57-50-41(42)19-23-56-50)55(21-22-55)77(6,74)64-47(71)18-17-39-31-66(65-63-39)25-11-9-7-8-10-12-46(70)62-49(54(3,4)5)53(73)68-32-40(69)28-43(68)52(72)58-30-37-13-15-38(16-14-37)48-36(2)59-34-76-48/h13-16,19-20,23-24,29,31,34-35,40,43,49,69H,7-12,17-18,21-22,25-28,30,32-33H2,1-6H3,(H,56,57)(H,58,72)(H,62,70)/t35-,40-,43+,49-,77-/m1/s1. The van der Waals surface area contributed by atoms with Crippen molar-refractivity contribution in [1.29, 1.82) is 0 Å². The lowest BCUT2D eigenvalue weighted by Crippen LogP contribution is -2.57. The first-order valence-corrected chi connectivity index (χ1v) is 29.5. The Labute approximate surface area is 453 Å². The molecule has 77 heavy (non-hydrogen) atoms. The van der Waals surface area contributed by atoms with Crippen molar-refractivity contribution in [2.75, 3.05) is 37.5 Å². The van der Waals surface area contributed by atoms with Crippen molar-refractivity contribution >= 4 is 61.5 Å². The van der Waals surface area contributed by atoms with Crippen LogP contribution in [0.2, 0.25) is 0 Å². The summed E-state index contributed by atoms with van der Waals surface area (Å²) in [7, 11) is -3.08. The Kier molecular flexibility index (Phi) is 17.0. The average Bonchev–Trinajstić information content (AvgIpc) is 3.83. The Morgan fingerprint density at radius 1 is 1.03 bits per heavy atom. The predicted octanol–water partition coefficient (Wildman–Crippen LogP) is 6.66. The van der Waals surface area contributed by atoms with Crippen LogP contribution in [0.5, 0.6) is 0 Å². The van der Waals surface area contributed by atoms with Gasteiger partial charge in [0.2, 0.25) is 17.7 Å². The maximum atomic E-state index is 14.6. The zero-order valence-corrected chi connectivity index (χ0v) is 46.5. The van der Waals surface area contributed by atoms with Crippen LogP contribution in [0.1, 0.15) is 115 Å². The van der Waals surface area contributed by atoms with E-state index in [0.717, 1.165) is 64.1 Å². The number of amides is 4. The summed E-state index contributed by atoms with van der Waals surface area (Å²) in [6.07, 6.45) is 12.1. The molecule has 2 saturated heterocycles. The molecular formula is C55H71N13O7S2. The van der Waals surface area contributed by atoms with E-state index in [-0.39, 0.29) is 56.1 Å². The number of nitrogens with one attached hydrogen (secondary N) is 3. The molecule has 0 bridgehead atoms. The van der Waals surface area contributed by atoms with E-state index in [1.54, 1.807) is 28.5 Å². The third-order valence-corrected chi connectivity index (χ3v) is 18.5. The highest BCUT2D eigenvalue weighted by atomic mass is 32.2. The number of carbonyl (C=O) groups is 4. The number of benzene rings is 1. The second-order valence-electron chi connectivity index (χ2n) is 21.9. The molecule has 3 fully saturated rings. The van der Waals surface area contributed by atoms with Crippen LogP contribution in [0.4, 0.5) is 5.82 Å². The topological polar surface area (TPSA) is 256 Å². The number of morpholine rings is 1. The highest BCUT2D eigenvalue weighted by Crippen LogP contribution is 2.53. The van der Waals surface area contributed by atoms with Crippen molar-refractivity contribution in [1.82, 2.24) is 55.4 Å². The molecule has 5 atom stereocenters. The Hall–Kier alpha value is -6.49. The van der Waals surface area contributed by atoms with Gasteiger partial charge < -0.3 is 35.3 Å². The summed E-state index contributed by atoms with van der Waals surface area (Å²) in [6, 6.07) is 12.0. The molecule has 410 valence electrons. The van der Waals surface area contributed by atoms with Gasteiger partial charge in [-0.2, -0.15) is 4.36 Å². The number of aromatic amines is 1. The van der Waals surface area contributed by atoms with E-state index in [0.29, 0.717) is 74.8 Å². The average molecular weight is 1090 g/mol. The molecule has 0 unspecified atom stereocenters. The molecule has 2 aliphatic heterocycles. The quantitative estimate of drug-likeness (QED) is 0.0550. The molecule has 3 aliphatic rings. The number of likely N-dealkylation sites (tertiary alicyclic amines) is 1. The van der Waals surface area contributed by atoms with Crippen LogP contribution in [-0.2, 0) is 57.9 Å². The molecule has 20 nitrogen and oxygen atoms in total. The number of pyridine rings is 1. The van der Waals surface area contributed by atoms with Crippen LogP contribution in [-0.4, -0.2) is 135 Å². The second kappa shape index (κ2) is 23.6. The summed E-state index contributed by atoms with van der Waals surface area (Å²) in [6.45, 7) is 12.4. The number of ether oxygens (including phenoxy) is 1. The maximum Gasteiger partial charge on any atom is 0.254 e. The van der Waals surface area contributed by atoms with Gasteiger partial charge in [-0.05, 0) is 68.2 Å². The van der Waals surface area contributed by atoms with Gasteiger partial charge in [-0.1, -0.05) is 69.5 Å². The Balaban J connectivity index is 0.711. The Morgan fingerprint density at radius 2 is 1.81 bits per heavy atom. The van der Waals surface area contributed by atoms with Crippen molar-refractivity contribution in [3.63, 3.8) is 0 Å². The SMILES string of the molecule is Cc1ncsc1-c1ccc(CNC(=O)[C@@H]2C[C@@H](O)CN2C(=O)[C@@H](NC(=O)CCCCCCCn2cc(CCC(=O)N=[S@](C)(=O)C3(c4cc(N5CCOC[C@H]5C)nc(-c5ccnc6[nH]ccc56)n4)CC3)nn2)C(C)(C)C)cc1. The first-order chi connectivity index (χ1) is 36.9. The third kappa shape index (κ3) is 12.9. The van der Waals surface area contributed by atoms with E-state index in [9.17, 15) is 28.5 Å². The number of carbonyl (C=O) groups excluding carboxylic acids is 4. The number of aliphatic hydroxyl groups is 1. The lowest BCUT2D eigenvalue weighted by Gasteiger charge is -2.35. The van der Waals surface area contributed by atoms with E-state index in [2.05, 4.69) is 52.1 Å². The van der Waals surface area contributed by atoms with Crippen molar-refractivity contribution in [2.24, 2.45) is 9.78 Å². The van der Waals surface area contributed by atoms with Crippen LogP contribution in [0.25, 0.3) is 32.9 Å². The van der Waals surface area contributed by atoms with E-state index in [1.165, 1.54) is 4.90 Å². The van der Waals surface area contributed by atoms with Crippen molar-refractivity contribution in [3.8, 4) is 21.8 Å². The molecule has 0 radical (unpaired) electrons. The molecule has 9 rings (SSSR count). The number of aliphatic hydroxyl groups excluding tert-OH is 1. The number of unbranched alkanes of at least 4 members (excludes halogenated alkanes) is 4. The minimum atomic E-state index is -3.08. The minimum Gasteiger partial charge on any atom is -0.391 e. The summed E-state index contributed by atoms with van der Waals surface area (Å²) >= 11 is 1.58. The van der Waals surface area contributed by atoms with Crippen LogP contribution in [0, 0.1) is 12.3 Å². The Bertz CT molecular complexity index is 3210. The number of rotatable bonds is 21. The van der Waals surface area contributed by atoms with Gasteiger partial charge in [0, 0.05) is 93.7 Å². The van der Waals surface area contributed by atoms with Gasteiger partial charge >= 0.3 is 0 Å². The monoisotopic (exact) mass is 1090 g/mol. The van der Waals surface area contributed by atoms with E-state index in [1.807, 2.05) is 88.1 Å². The van der Waals surface area contributed by atoms with Crippen molar-refractivity contribution in [2.45, 2.75) is 147 Å². The highest BCUT2D eigenvalue weighted by molar-refractivity contribution is 7.94. The number of hydrogen-bond donors (Lipinski definition) is 4. The fraction of sp³-hybridized carbons (Fsp3) is 0.527. The van der Waals surface area contributed by atoms with Crippen LogP contribution in [0.3, 0.4) is 0 Å². The summed E-state index contributed by atoms with van der Waals surface area (Å²) in [5.41, 5.74) is 6.87. The zero-order valence-electron chi connectivity index (χ0n) is 44.9. The normalized spacial score (nSPS) is 19.4.